The summed E-state index contributed by atoms with van der Waals surface area (Å²) < 4.78 is 7.11. The molecule has 2 heterocycles. The number of nitrogens with zero attached hydrogens (tertiary/aromatic N) is 2. The van der Waals surface area contributed by atoms with Gasteiger partial charge in [0.2, 0.25) is 0 Å². The highest BCUT2D eigenvalue weighted by Crippen LogP contribution is 2.32. The predicted molar refractivity (Wildman–Crippen MR) is 60.4 cm³/mol. The first kappa shape index (κ1) is 9.66. The third-order valence-electron chi connectivity index (χ3n) is 3.33. The second-order valence-electron chi connectivity index (χ2n) is 4.40. The highest BCUT2D eigenvalue weighted by Gasteiger charge is 2.23. The van der Waals surface area contributed by atoms with Gasteiger partial charge in [-0.3, -0.25) is 0 Å². The molecule has 16 heavy (non-hydrogen) atoms. The van der Waals surface area contributed by atoms with Crippen LogP contribution in [0.4, 0.5) is 0 Å². The second kappa shape index (κ2) is 3.49. The van der Waals surface area contributed by atoms with Crippen molar-refractivity contribution in [3.8, 4) is 5.69 Å². The fraction of sp³-hybridized carbons (Fsp3) is 0.417. The summed E-state index contributed by atoms with van der Waals surface area (Å²) in [5.74, 6) is 0. The molecule has 1 aliphatic carbocycles. The smallest absolute Gasteiger partial charge is 0.147 e. The molecule has 0 saturated heterocycles. The van der Waals surface area contributed by atoms with Crippen LogP contribution in [0.2, 0.25) is 0 Å². The van der Waals surface area contributed by atoms with E-state index in [1.54, 1.807) is 12.5 Å². The Kier molecular flexibility index (Phi) is 2.11. The molecular formula is C12H15N3O. The highest BCUT2D eigenvalue weighted by molar-refractivity contribution is 5.41. The highest BCUT2D eigenvalue weighted by atomic mass is 16.5. The molecule has 4 nitrogen and oxygen atoms in total. The molecule has 1 unspecified atom stereocenters. The monoisotopic (exact) mass is 217 g/mol. The summed E-state index contributed by atoms with van der Waals surface area (Å²) in [4.78, 5) is 0. The second-order valence-corrected chi connectivity index (χ2v) is 4.40. The van der Waals surface area contributed by atoms with E-state index >= 15 is 0 Å². The molecule has 0 aromatic carbocycles. The van der Waals surface area contributed by atoms with Crippen LogP contribution in [0.15, 0.2) is 23.0 Å². The van der Waals surface area contributed by atoms with E-state index in [9.17, 15) is 0 Å². The van der Waals surface area contributed by atoms with Gasteiger partial charge in [0.15, 0.2) is 0 Å². The number of hydrogen-bond donors (Lipinski definition) is 1. The minimum atomic E-state index is 0.184. The first-order valence-corrected chi connectivity index (χ1v) is 5.64. The average molecular weight is 217 g/mol. The molecule has 2 aromatic rings. The number of aromatic nitrogens is 2. The SMILES string of the molecule is Cc1cc2c(n1-c1cnoc1)CCCC2N. The van der Waals surface area contributed by atoms with E-state index in [4.69, 9.17) is 10.3 Å². The third-order valence-corrected chi connectivity index (χ3v) is 3.33. The van der Waals surface area contributed by atoms with Gasteiger partial charge in [0, 0.05) is 17.4 Å². The van der Waals surface area contributed by atoms with Crippen molar-refractivity contribution in [1.82, 2.24) is 9.72 Å². The van der Waals surface area contributed by atoms with E-state index in [0.717, 1.165) is 24.9 Å². The van der Waals surface area contributed by atoms with Crippen LogP contribution < -0.4 is 5.73 Å². The minimum Gasteiger partial charge on any atom is -0.362 e. The van der Waals surface area contributed by atoms with Crippen LogP contribution in [0.1, 0.15) is 35.8 Å². The van der Waals surface area contributed by atoms with Gasteiger partial charge in [-0.1, -0.05) is 5.16 Å². The van der Waals surface area contributed by atoms with Gasteiger partial charge >= 0.3 is 0 Å². The van der Waals surface area contributed by atoms with Crippen LogP contribution in [-0.4, -0.2) is 9.72 Å². The average Bonchev–Trinajstić information content (AvgIpc) is 2.85. The van der Waals surface area contributed by atoms with Gasteiger partial charge < -0.3 is 14.8 Å². The standard InChI is InChI=1S/C12H15N3O/c1-8-5-10-11(13)3-2-4-12(10)15(8)9-6-14-16-7-9/h5-7,11H,2-4,13H2,1H3. The molecule has 2 N–H and O–H groups in total. The molecule has 0 fully saturated rings. The number of nitrogens with two attached hydrogens (primary N) is 1. The van der Waals surface area contributed by atoms with Gasteiger partial charge in [-0.05, 0) is 37.8 Å². The van der Waals surface area contributed by atoms with E-state index in [-0.39, 0.29) is 6.04 Å². The number of aryl methyl sites for hydroxylation is 1. The first-order valence-electron chi connectivity index (χ1n) is 5.64. The maximum Gasteiger partial charge on any atom is 0.147 e. The summed E-state index contributed by atoms with van der Waals surface area (Å²) in [6, 6.07) is 2.37. The number of rotatable bonds is 1. The van der Waals surface area contributed by atoms with E-state index in [0.29, 0.717) is 0 Å². The van der Waals surface area contributed by atoms with Crippen molar-refractivity contribution < 1.29 is 4.52 Å². The predicted octanol–water partition coefficient (Wildman–Crippen LogP) is 2.11. The summed E-state index contributed by atoms with van der Waals surface area (Å²) in [5.41, 5.74) is 10.9. The topological polar surface area (TPSA) is 57.0 Å². The lowest BCUT2D eigenvalue weighted by Crippen LogP contribution is -2.17. The molecule has 0 spiro atoms. The molecule has 0 saturated carbocycles. The molecule has 0 radical (unpaired) electrons. The van der Waals surface area contributed by atoms with E-state index in [1.165, 1.54) is 17.0 Å². The quantitative estimate of drug-likeness (QED) is 0.795. The Bertz CT molecular complexity index is 499. The Morgan fingerprint density at radius 3 is 3.19 bits per heavy atom. The first-order chi connectivity index (χ1) is 7.77. The lowest BCUT2D eigenvalue weighted by molar-refractivity contribution is 0.419. The van der Waals surface area contributed by atoms with E-state index in [1.807, 2.05) is 0 Å². The zero-order chi connectivity index (χ0) is 11.1. The maximum atomic E-state index is 6.13. The lowest BCUT2D eigenvalue weighted by atomic mass is 9.93. The summed E-state index contributed by atoms with van der Waals surface area (Å²) in [6.45, 7) is 2.10. The summed E-state index contributed by atoms with van der Waals surface area (Å²) >= 11 is 0. The van der Waals surface area contributed by atoms with Crippen molar-refractivity contribution in [2.75, 3.05) is 0 Å². The van der Waals surface area contributed by atoms with Crippen LogP contribution in [0, 0.1) is 6.92 Å². The summed E-state index contributed by atoms with van der Waals surface area (Å²) in [6.07, 6.45) is 6.74. The molecule has 84 valence electrons. The third kappa shape index (κ3) is 1.30. The van der Waals surface area contributed by atoms with Gasteiger partial charge in [0.1, 0.15) is 12.0 Å². The maximum absolute atomic E-state index is 6.13. The van der Waals surface area contributed by atoms with Crippen molar-refractivity contribution >= 4 is 0 Å². The zero-order valence-corrected chi connectivity index (χ0v) is 9.31. The summed E-state index contributed by atoms with van der Waals surface area (Å²) in [7, 11) is 0. The fourth-order valence-electron chi connectivity index (χ4n) is 2.61. The molecular weight excluding hydrogens is 202 g/mol. The van der Waals surface area contributed by atoms with Crippen molar-refractivity contribution in [3.63, 3.8) is 0 Å². The molecule has 0 bridgehead atoms. The minimum absolute atomic E-state index is 0.184. The summed E-state index contributed by atoms with van der Waals surface area (Å²) in [5, 5.41) is 3.76. The van der Waals surface area contributed by atoms with Gasteiger partial charge in [-0.15, -0.1) is 0 Å². The van der Waals surface area contributed by atoms with Crippen LogP contribution in [-0.2, 0) is 6.42 Å². The van der Waals surface area contributed by atoms with Crippen molar-refractivity contribution in [2.24, 2.45) is 5.73 Å². The van der Waals surface area contributed by atoms with Crippen LogP contribution in [0.25, 0.3) is 5.69 Å². The van der Waals surface area contributed by atoms with Gasteiger partial charge in [0.05, 0.1) is 6.20 Å². The molecule has 4 heteroatoms. The number of hydrogen-bond acceptors (Lipinski definition) is 3. The van der Waals surface area contributed by atoms with E-state index < -0.39 is 0 Å². The van der Waals surface area contributed by atoms with Crippen molar-refractivity contribution in [3.05, 3.63) is 35.5 Å². The van der Waals surface area contributed by atoms with Crippen molar-refractivity contribution in [2.45, 2.75) is 32.2 Å². The Morgan fingerprint density at radius 2 is 2.44 bits per heavy atom. The Hall–Kier alpha value is -1.55. The normalized spacial score (nSPS) is 19.8. The Balaban J connectivity index is 2.19. The van der Waals surface area contributed by atoms with Gasteiger partial charge in [-0.25, -0.2) is 0 Å². The van der Waals surface area contributed by atoms with Crippen LogP contribution >= 0.6 is 0 Å². The Morgan fingerprint density at radius 1 is 1.56 bits per heavy atom. The fourth-order valence-corrected chi connectivity index (χ4v) is 2.61. The van der Waals surface area contributed by atoms with Crippen LogP contribution in [0.5, 0.6) is 0 Å². The molecule has 1 atom stereocenters. The molecule has 2 aromatic heterocycles. The molecule has 0 aliphatic heterocycles. The van der Waals surface area contributed by atoms with Crippen LogP contribution in [0.3, 0.4) is 0 Å². The van der Waals surface area contributed by atoms with Crippen molar-refractivity contribution in [1.29, 1.82) is 0 Å². The van der Waals surface area contributed by atoms with Gasteiger partial charge in [-0.2, -0.15) is 0 Å². The largest absolute Gasteiger partial charge is 0.362 e. The zero-order valence-electron chi connectivity index (χ0n) is 9.31. The molecule has 1 aliphatic rings. The Labute approximate surface area is 94.0 Å². The van der Waals surface area contributed by atoms with E-state index in [2.05, 4.69) is 22.7 Å². The molecule has 0 amide bonds. The van der Waals surface area contributed by atoms with Gasteiger partial charge in [0.25, 0.3) is 0 Å². The lowest BCUT2D eigenvalue weighted by Gasteiger charge is -2.20. The number of fused-ring (bicyclic) bond motifs is 1. The molecule has 3 rings (SSSR count).